The molecule has 0 bridgehead atoms. The molecule has 6 heteroatoms. The van der Waals surface area contributed by atoms with Crippen molar-refractivity contribution < 1.29 is 19.1 Å². The first-order valence-corrected chi connectivity index (χ1v) is 8.16. The van der Waals surface area contributed by atoms with Crippen LogP contribution in [0.1, 0.15) is 31.8 Å². The minimum atomic E-state index is -0.556. The zero-order valence-electron chi connectivity index (χ0n) is 13.9. The summed E-state index contributed by atoms with van der Waals surface area (Å²) in [6.07, 6.45) is 3.52. The highest BCUT2D eigenvalue weighted by atomic mass is 32.1. The van der Waals surface area contributed by atoms with Crippen LogP contribution >= 0.6 is 11.3 Å². The average molecular weight is 343 g/mol. The predicted molar refractivity (Wildman–Crippen MR) is 92.9 cm³/mol. The van der Waals surface area contributed by atoms with E-state index < -0.39 is 11.9 Å². The summed E-state index contributed by atoms with van der Waals surface area (Å²) in [5, 5.41) is 0. The van der Waals surface area contributed by atoms with E-state index in [0.717, 1.165) is 10.4 Å². The molecule has 0 fully saturated rings. The second-order valence-electron chi connectivity index (χ2n) is 5.59. The van der Waals surface area contributed by atoms with Crippen molar-refractivity contribution in [3.05, 3.63) is 52.8 Å². The van der Waals surface area contributed by atoms with Crippen molar-refractivity contribution in [3.63, 3.8) is 0 Å². The predicted octanol–water partition coefficient (Wildman–Crippen LogP) is 3.86. The fourth-order valence-electron chi connectivity index (χ4n) is 2.78. The van der Waals surface area contributed by atoms with E-state index in [2.05, 4.69) is 18.2 Å². The zero-order chi connectivity index (χ0) is 17.4. The van der Waals surface area contributed by atoms with Crippen LogP contribution in [0, 0.1) is 13.8 Å². The molecular formula is C18H17NO4S. The smallest absolute Gasteiger partial charge is 0.341 e. The summed E-state index contributed by atoms with van der Waals surface area (Å²) in [5.41, 5.74) is 3.88. The van der Waals surface area contributed by atoms with Gasteiger partial charge in [-0.3, -0.25) is 0 Å². The van der Waals surface area contributed by atoms with Crippen LogP contribution in [0.4, 0.5) is 0 Å². The Bertz CT molecular complexity index is 931. The lowest BCUT2D eigenvalue weighted by Crippen LogP contribution is -2.09. The largest absolute Gasteiger partial charge is 0.465 e. The summed E-state index contributed by atoms with van der Waals surface area (Å²) in [4.78, 5) is 25.8. The van der Waals surface area contributed by atoms with Gasteiger partial charge in [0.15, 0.2) is 0 Å². The summed E-state index contributed by atoms with van der Waals surface area (Å²) in [6, 6.07) is 6.30. The van der Waals surface area contributed by atoms with Crippen LogP contribution < -0.4 is 0 Å². The van der Waals surface area contributed by atoms with Crippen LogP contribution in [0.3, 0.4) is 0 Å². The highest BCUT2D eigenvalue weighted by molar-refractivity contribution is 7.21. The van der Waals surface area contributed by atoms with Crippen molar-refractivity contribution in [1.29, 1.82) is 0 Å². The van der Waals surface area contributed by atoms with E-state index in [1.165, 1.54) is 36.7 Å². The number of nitrogens with zero attached hydrogens (tertiary/aromatic N) is 1. The number of aromatic nitrogens is 1. The SMILES string of the molecule is COC(=O)c1cn2cc(-c3cc(C)cc(C)c3)sc2c1C(=O)OC. The number of rotatable bonds is 3. The number of benzene rings is 1. The molecule has 0 amide bonds. The molecule has 0 saturated carbocycles. The van der Waals surface area contributed by atoms with Gasteiger partial charge in [0.2, 0.25) is 0 Å². The van der Waals surface area contributed by atoms with E-state index in [9.17, 15) is 9.59 Å². The van der Waals surface area contributed by atoms with Crippen LogP contribution in [-0.2, 0) is 9.47 Å². The van der Waals surface area contributed by atoms with Gasteiger partial charge in [0.1, 0.15) is 10.4 Å². The first kappa shape index (κ1) is 16.3. The minimum Gasteiger partial charge on any atom is -0.465 e. The topological polar surface area (TPSA) is 57.0 Å². The molecule has 0 atom stereocenters. The van der Waals surface area contributed by atoms with E-state index in [0.29, 0.717) is 4.83 Å². The van der Waals surface area contributed by atoms with Crippen LogP contribution in [-0.4, -0.2) is 30.6 Å². The molecule has 0 saturated heterocycles. The van der Waals surface area contributed by atoms with E-state index >= 15 is 0 Å². The quantitative estimate of drug-likeness (QED) is 0.678. The molecule has 3 aromatic rings. The lowest BCUT2D eigenvalue weighted by molar-refractivity contribution is 0.0558. The van der Waals surface area contributed by atoms with Crippen molar-refractivity contribution >= 4 is 28.1 Å². The Balaban J connectivity index is 2.20. The van der Waals surface area contributed by atoms with Gasteiger partial charge in [0.25, 0.3) is 0 Å². The third kappa shape index (κ3) is 2.69. The van der Waals surface area contributed by atoms with Crippen LogP contribution in [0.25, 0.3) is 15.3 Å². The Kier molecular flexibility index (Phi) is 4.15. The Labute approximate surface area is 143 Å². The molecule has 2 heterocycles. The van der Waals surface area contributed by atoms with Crippen molar-refractivity contribution in [2.75, 3.05) is 14.2 Å². The third-order valence-electron chi connectivity index (χ3n) is 3.75. The average Bonchev–Trinajstić information content (AvgIpc) is 3.10. The maximum absolute atomic E-state index is 12.1. The van der Waals surface area contributed by atoms with Crippen molar-refractivity contribution in [2.45, 2.75) is 13.8 Å². The summed E-state index contributed by atoms with van der Waals surface area (Å²) >= 11 is 1.44. The number of aryl methyl sites for hydroxylation is 2. The fraction of sp³-hybridized carbons (Fsp3) is 0.222. The maximum Gasteiger partial charge on any atom is 0.341 e. The van der Waals surface area contributed by atoms with Crippen molar-refractivity contribution in [3.8, 4) is 10.4 Å². The molecule has 0 aliphatic heterocycles. The van der Waals surface area contributed by atoms with Gasteiger partial charge in [0, 0.05) is 12.4 Å². The molecule has 3 rings (SSSR count). The summed E-state index contributed by atoms with van der Waals surface area (Å²) in [7, 11) is 2.58. The van der Waals surface area contributed by atoms with Crippen molar-refractivity contribution in [1.82, 2.24) is 4.40 Å². The molecule has 0 radical (unpaired) electrons. The highest BCUT2D eigenvalue weighted by Gasteiger charge is 2.25. The van der Waals surface area contributed by atoms with E-state index in [4.69, 9.17) is 9.47 Å². The minimum absolute atomic E-state index is 0.211. The third-order valence-corrected chi connectivity index (χ3v) is 4.92. The standard InChI is InChI=1S/C18H17NO4S/c1-10-5-11(2)7-12(6-10)14-9-19-8-13(17(20)22-3)15(16(19)24-14)18(21)23-4/h5-9H,1-4H3. The Morgan fingerprint density at radius 3 is 2.17 bits per heavy atom. The number of carbonyl (C=O) groups excluding carboxylic acids is 2. The highest BCUT2D eigenvalue weighted by Crippen LogP contribution is 2.34. The van der Waals surface area contributed by atoms with Crippen molar-refractivity contribution in [2.24, 2.45) is 0 Å². The number of methoxy groups -OCH3 is 2. The number of fused-ring (bicyclic) bond motifs is 1. The van der Waals surface area contributed by atoms with E-state index in [-0.39, 0.29) is 11.1 Å². The molecule has 0 spiro atoms. The first-order valence-electron chi connectivity index (χ1n) is 7.34. The number of hydrogen-bond donors (Lipinski definition) is 0. The number of ether oxygens (including phenoxy) is 2. The molecule has 24 heavy (non-hydrogen) atoms. The lowest BCUT2D eigenvalue weighted by atomic mass is 10.1. The molecule has 1 aromatic carbocycles. The molecule has 2 aromatic heterocycles. The number of hydrogen-bond acceptors (Lipinski definition) is 5. The van der Waals surface area contributed by atoms with Gasteiger partial charge in [-0.2, -0.15) is 0 Å². The molecule has 124 valence electrons. The number of carbonyl (C=O) groups is 2. The monoisotopic (exact) mass is 343 g/mol. The normalized spacial score (nSPS) is 10.8. The Morgan fingerprint density at radius 2 is 1.58 bits per heavy atom. The van der Waals surface area contributed by atoms with Gasteiger partial charge in [-0.15, -0.1) is 11.3 Å². The van der Waals surface area contributed by atoms with Gasteiger partial charge < -0.3 is 13.9 Å². The molecule has 0 N–H and O–H groups in total. The van der Waals surface area contributed by atoms with Gasteiger partial charge >= 0.3 is 11.9 Å². The Hall–Kier alpha value is -2.60. The molecule has 0 unspecified atom stereocenters. The molecule has 0 aliphatic carbocycles. The molecule has 0 aliphatic rings. The number of thiazole rings is 1. The summed E-state index contributed by atoms with van der Waals surface area (Å²) in [6.45, 7) is 4.10. The fourth-order valence-corrected chi connectivity index (χ4v) is 3.89. The number of esters is 2. The van der Waals surface area contributed by atoms with E-state index in [1.54, 1.807) is 10.6 Å². The second-order valence-corrected chi connectivity index (χ2v) is 6.62. The van der Waals surface area contributed by atoms with Crippen LogP contribution in [0.15, 0.2) is 30.6 Å². The lowest BCUT2D eigenvalue weighted by Gasteiger charge is -2.02. The van der Waals surface area contributed by atoms with Gasteiger partial charge in [-0.25, -0.2) is 9.59 Å². The van der Waals surface area contributed by atoms with Gasteiger partial charge in [0.05, 0.1) is 24.7 Å². The van der Waals surface area contributed by atoms with Gasteiger partial charge in [-0.05, 0) is 19.4 Å². The Morgan fingerprint density at radius 1 is 0.958 bits per heavy atom. The first-order chi connectivity index (χ1) is 11.4. The molecular weight excluding hydrogens is 326 g/mol. The van der Waals surface area contributed by atoms with Gasteiger partial charge in [-0.1, -0.05) is 29.3 Å². The van der Waals surface area contributed by atoms with Crippen LogP contribution in [0.2, 0.25) is 0 Å². The maximum atomic E-state index is 12.1. The summed E-state index contributed by atoms with van der Waals surface area (Å²) < 4.78 is 11.4. The van der Waals surface area contributed by atoms with E-state index in [1.807, 2.05) is 20.0 Å². The summed E-state index contributed by atoms with van der Waals surface area (Å²) in [5.74, 6) is -1.11. The van der Waals surface area contributed by atoms with Crippen LogP contribution in [0.5, 0.6) is 0 Å². The second kappa shape index (κ2) is 6.13. The zero-order valence-corrected chi connectivity index (χ0v) is 14.7. The molecule has 5 nitrogen and oxygen atoms in total.